The second-order valence-electron chi connectivity index (χ2n) is 7.51. The van der Waals surface area contributed by atoms with Crippen LogP contribution in [0.4, 0.5) is 5.69 Å². The summed E-state index contributed by atoms with van der Waals surface area (Å²) in [4.78, 5) is 24.0. The Kier molecular flexibility index (Phi) is 8.21. The van der Waals surface area contributed by atoms with Gasteiger partial charge in [-0.05, 0) is 60.0 Å². The lowest BCUT2D eigenvalue weighted by Crippen LogP contribution is -2.32. The molecule has 0 aliphatic carbocycles. The quantitative estimate of drug-likeness (QED) is 0.246. The summed E-state index contributed by atoms with van der Waals surface area (Å²) >= 11 is 5.78. The summed E-state index contributed by atoms with van der Waals surface area (Å²) in [5.41, 5.74) is 3.71. The lowest BCUT2D eigenvalue weighted by Gasteiger charge is -2.07. The number of nitrogens with zero attached hydrogens (tertiary/aromatic N) is 1. The number of hydrazone groups is 1. The zero-order valence-electron chi connectivity index (χ0n) is 18.4. The third kappa shape index (κ3) is 7.01. The molecule has 3 aromatic rings. The van der Waals surface area contributed by atoms with Crippen molar-refractivity contribution in [3.05, 3.63) is 82.8 Å². The van der Waals surface area contributed by atoms with Gasteiger partial charge in [0, 0.05) is 10.7 Å². The van der Waals surface area contributed by atoms with Gasteiger partial charge in [0.05, 0.1) is 17.7 Å². The minimum Gasteiger partial charge on any atom is -0.459 e. The average molecular weight is 503 g/mol. The first kappa shape index (κ1) is 25.2. The molecule has 34 heavy (non-hydrogen) atoms. The molecule has 0 aliphatic rings. The summed E-state index contributed by atoms with van der Waals surface area (Å²) in [6, 6.07) is 16.0. The number of rotatable bonds is 8. The maximum Gasteiger partial charge on any atom is 0.329 e. The van der Waals surface area contributed by atoms with Crippen molar-refractivity contribution in [1.82, 2.24) is 10.1 Å². The summed E-state index contributed by atoms with van der Waals surface area (Å²) in [5, 5.41) is 6.61. The highest BCUT2D eigenvalue weighted by molar-refractivity contribution is 7.89. The molecule has 2 aromatic carbocycles. The average Bonchev–Trinajstić information content (AvgIpc) is 3.26. The molecule has 0 atom stereocenters. The van der Waals surface area contributed by atoms with E-state index >= 15 is 0 Å². The number of benzene rings is 2. The lowest BCUT2D eigenvalue weighted by molar-refractivity contribution is -0.136. The Labute approximate surface area is 202 Å². The van der Waals surface area contributed by atoms with E-state index in [-0.39, 0.29) is 17.2 Å². The third-order valence-corrected chi connectivity index (χ3v) is 6.31. The molecular formula is C23H23ClN4O5S. The van der Waals surface area contributed by atoms with Gasteiger partial charge in [-0.25, -0.2) is 18.6 Å². The van der Waals surface area contributed by atoms with Crippen LogP contribution in [0, 0.1) is 0 Å². The summed E-state index contributed by atoms with van der Waals surface area (Å²) in [5.74, 6) is -0.885. The predicted molar refractivity (Wildman–Crippen MR) is 129 cm³/mol. The van der Waals surface area contributed by atoms with Crippen LogP contribution in [0.2, 0.25) is 5.02 Å². The van der Waals surface area contributed by atoms with E-state index in [1.807, 2.05) is 12.1 Å². The molecule has 1 aromatic heterocycles. The van der Waals surface area contributed by atoms with E-state index in [9.17, 15) is 18.0 Å². The smallest absolute Gasteiger partial charge is 0.329 e. The largest absolute Gasteiger partial charge is 0.459 e. The van der Waals surface area contributed by atoms with Gasteiger partial charge < -0.3 is 9.73 Å². The molecule has 0 radical (unpaired) electrons. The number of furan rings is 1. The van der Waals surface area contributed by atoms with Gasteiger partial charge in [-0.15, -0.1) is 0 Å². The van der Waals surface area contributed by atoms with E-state index in [0.29, 0.717) is 22.4 Å². The number of carbonyl (C=O) groups excluding carboxylic acids is 2. The van der Waals surface area contributed by atoms with Crippen molar-refractivity contribution < 1.29 is 22.4 Å². The highest BCUT2D eigenvalue weighted by Gasteiger charge is 2.15. The second kappa shape index (κ2) is 11.1. The Balaban J connectivity index is 1.49. The maximum atomic E-state index is 12.3. The van der Waals surface area contributed by atoms with E-state index in [1.165, 1.54) is 36.5 Å². The molecule has 178 valence electrons. The normalized spacial score (nSPS) is 11.6. The van der Waals surface area contributed by atoms with Crippen LogP contribution in [0.15, 0.2) is 75.1 Å². The van der Waals surface area contributed by atoms with Crippen LogP contribution >= 0.6 is 11.6 Å². The van der Waals surface area contributed by atoms with Crippen LogP contribution in [0.25, 0.3) is 0 Å². The van der Waals surface area contributed by atoms with E-state index in [0.717, 1.165) is 5.56 Å². The standard InChI is InChI=1S/C23H23ClN4O5S/c1-15(2)16-3-7-18(8-4-16)27-22(29)23(30)28-25-13-19-9-10-20(33-19)14-26-34(31,32)21-11-5-17(24)6-12-21/h3-13,15,26H,14H2,1-2H3,(H,27,29)(H,28,30)/b25-13+. The fourth-order valence-electron chi connectivity index (χ4n) is 2.77. The second-order valence-corrected chi connectivity index (χ2v) is 9.72. The maximum absolute atomic E-state index is 12.3. The van der Waals surface area contributed by atoms with Gasteiger partial charge in [0.15, 0.2) is 0 Å². The fourth-order valence-corrected chi connectivity index (χ4v) is 3.89. The fraction of sp³-hybridized carbons (Fsp3) is 0.174. The molecular weight excluding hydrogens is 480 g/mol. The summed E-state index contributed by atoms with van der Waals surface area (Å²) < 4.78 is 32.5. The van der Waals surface area contributed by atoms with Crippen LogP contribution in [-0.2, 0) is 26.2 Å². The highest BCUT2D eigenvalue weighted by atomic mass is 35.5. The molecule has 2 amide bonds. The number of carbonyl (C=O) groups is 2. The molecule has 3 N–H and O–H groups in total. The minimum atomic E-state index is -3.74. The van der Waals surface area contributed by atoms with Crippen LogP contribution < -0.4 is 15.5 Å². The Morgan fingerprint density at radius 3 is 2.32 bits per heavy atom. The first-order valence-electron chi connectivity index (χ1n) is 10.2. The molecule has 0 saturated heterocycles. The van der Waals surface area contributed by atoms with Crippen LogP contribution in [-0.4, -0.2) is 26.4 Å². The predicted octanol–water partition coefficient (Wildman–Crippen LogP) is 3.62. The van der Waals surface area contributed by atoms with Gasteiger partial charge in [0.1, 0.15) is 11.5 Å². The first-order valence-corrected chi connectivity index (χ1v) is 12.1. The minimum absolute atomic E-state index is 0.0714. The monoisotopic (exact) mass is 502 g/mol. The number of halogens is 1. The molecule has 0 bridgehead atoms. The van der Waals surface area contributed by atoms with Crippen LogP contribution in [0.3, 0.4) is 0 Å². The van der Waals surface area contributed by atoms with Gasteiger partial charge in [-0.1, -0.05) is 37.6 Å². The number of sulfonamides is 1. The lowest BCUT2D eigenvalue weighted by atomic mass is 10.0. The van der Waals surface area contributed by atoms with Gasteiger partial charge in [0.25, 0.3) is 0 Å². The number of nitrogens with one attached hydrogen (secondary N) is 3. The summed E-state index contributed by atoms with van der Waals surface area (Å²) in [6.07, 6.45) is 1.19. The van der Waals surface area contributed by atoms with Gasteiger partial charge in [-0.3, -0.25) is 9.59 Å². The van der Waals surface area contributed by atoms with Crippen molar-refractivity contribution in [1.29, 1.82) is 0 Å². The Morgan fingerprint density at radius 2 is 1.68 bits per heavy atom. The van der Waals surface area contributed by atoms with Crippen molar-refractivity contribution in [3.63, 3.8) is 0 Å². The van der Waals surface area contributed by atoms with Crippen LogP contribution in [0.1, 0.15) is 36.8 Å². The third-order valence-electron chi connectivity index (χ3n) is 4.64. The van der Waals surface area contributed by atoms with Crippen molar-refractivity contribution in [2.45, 2.75) is 31.2 Å². The molecule has 0 saturated carbocycles. The van der Waals surface area contributed by atoms with Gasteiger partial charge >= 0.3 is 11.8 Å². The number of hydrogen-bond donors (Lipinski definition) is 3. The van der Waals surface area contributed by atoms with Crippen molar-refractivity contribution >= 4 is 45.3 Å². The number of amides is 2. The van der Waals surface area contributed by atoms with Crippen molar-refractivity contribution in [2.75, 3.05) is 5.32 Å². The molecule has 3 rings (SSSR count). The van der Waals surface area contributed by atoms with E-state index in [1.54, 1.807) is 18.2 Å². The molecule has 9 nitrogen and oxygen atoms in total. The van der Waals surface area contributed by atoms with Gasteiger partial charge in [0.2, 0.25) is 10.0 Å². The Hall–Kier alpha value is -3.47. The molecule has 0 unspecified atom stereocenters. The summed E-state index contributed by atoms with van der Waals surface area (Å²) in [6.45, 7) is 4.02. The zero-order valence-corrected chi connectivity index (χ0v) is 20.0. The molecule has 11 heteroatoms. The number of anilines is 1. The van der Waals surface area contributed by atoms with Gasteiger partial charge in [-0.2, -0.15) is 5.10 Å². The van der Waals surface area contributed by atoms with E-state index in [2.05, 4.69) is 34.4 Å². The first-order chi connectivity index (χ1) is 16.1. The molecule has 0 spiro atoms. The molecule has 1 heterocycles. The van der Waals surface area contributed by atoms with Crippen molar-refractivity contribution in [3.8, 4) is 0 Å². The Bertz CT molecular complexity index is 1280. The number of hydrogen-bond acceptors (Lipinski definition) is 6. The Morgan fingerprint density at radius 1 is 1.00 bits per heavy atom. The highest BCUT2D eigenvalue weighted by Crippen LogP contribution is 2.17. The van der Waals surface area contributed by atoms with Crippen LogP contribution in [0.5, 0.6) is 0 Å². The summed E-state index contributed by atoms with van der Waals surface area (Å²) in [7, 11) is -3.74. The molecule has 0 fully saturated rings. The van der Waals surface area contributed by atoms with E-state index in [4.69, 9.17) is 16.0 Å². The SMILES string of the molecule is CC(C)c1ccc(NC(=O)C(=O)N/N=C/c2ccc(CNS(=O)(=O)c3ccc(Cl)cc3)o2)cc1. The van der Waals surface area contributed by atoms with E-state index < -0.39 is 21.8 Å². The van der Waals surface area contributed by atoms with Crippen molar-refractivity contribution in [2.24, 2.45) is 5.10 Å². The topological polar surface area (TPSA) is 130 Å². The zero-order chi connectivity index (χ0) is 24.7. The molecule has 0 aliphatic heterocycles.